The summed E-state index contributed by atoms with van der Waals surface area (Å²) in [6.45, 7) is 3.33. The fourth-order valence-electron chi connectivity index (χ4n) is 5.45. The lowest BCUT2D eigenvalue weighted by atomic mass is 10.2. The minimum absolute atomic E-state index is 0.0455. The topological polar surface area (TPSA) is 134 Å². The van der Waals surface area contributed by atoms with Gasteiger partial charge in [0.1, 0.15) is 24.6 Å². The molecule has 0 spiro atoms. The summed E-state index contributed by atoms with van der Waals surface area (Å²) in [5.74, 6) is 0.187. The number of rotatable bonds is 12. The molecule has 0 N–H and O–H groups in total. The summed E-state index contributed by atoms with van der Waals surface area (Å²) in [6, 6.07) is 25.6. The van der Waals surface area contributed by atoms with Crippen LogP contribution in [-0.4, -0.2) is 91.9 Å². The zero-order chi connectivity index (χ0) is 36.1. The van der Waals surface area contributed by atoms with E-state index in [4.69, 9.17) is 9.47 Å². The van der Waals surface area contributed by atoms with Gasteiger partial charge in [0.2, 0.25) is 11.8 Å². The van der Waals surface area contributed by atoms with Crippen molar-refractivity contribution in [3.05, 3.63) is 108 Å². The standard InChI is InChI=1S/C36H40N4O8S2/c1-27-5-17-33(18-6-27)49(43,44)39(29-9-13-31(47-3)14-10-29)25-35(41)37-21-23-38(24-22-37)36(42)26-40(30-11-15-32(48-4)16-12-30)50(45,46)34-19-7-28(2)8-20-34/h5-20H,21-26H2,1-4H3. The zero-order valence-electron chi connectivity index (χ0n) is 28.4. The predicted molar refractivity (Wildman–Crippen MR) is 191 cm³/mol. The monoisotopic (exact) mass is 720 g/mol. The Morgan fingerprint density at radius 3 is 1.12 bits per heavy atom. The normalized spacial score (nSPS) is 13.4. The van der Waals surface area contributed by atoms with Crippen molar-refractivity contribution < 1.29 is 35.9 Å². The summed E-state index contributed by atoms with van der Waals surface area (Å²) in [4.78, 5) is 30.4. The lowest BCUT2D eigenvalue weighted by molar-refractivity contribution is -0.137. The maximum Gasteiger partial charge on any atom is 0.264 e. The molecule has 2 amide bonds. The first kappa shape index (κ1) is 36.2. The number of hydrogen-bond donors (Lipinski definition) is 0. The Bertz CT molecular complexity index is 1860. The first-order valence-electron chi connectivity index (χ1n) is 15.9. The number of ether oxygens (including phenoxy) is 2. The predicted octanol–water partition coefficient (Wildman–Crippen LogP) is 4.08. The SMILES string of the molecule is COc1ccc(N(CC(=O)N2CCN(C(=O)CN(c3ccc(OC)cc3)S(=O)(=O)c3ccc(C)cc3)CC2)S(=O)(=O)c2ccc(C)cc2)cc1. The summed E-state index contributed by atoms with van der Waals surface area (Å²) in [5.41, 5.74) is 2.37. The molecule has 50 heavy (non-hydrogen) atoms. The van der Waals surface area contributed by atoms with Gasteiger partial charge in [0, 0.05) is 26.2 Å². The number of piperazine rings is 1. The molecule has 1 saturated heterocycles. The zero-order valence-corrected chi connectivity index (χ0v) is 30.0. The highest BCUT2D eigenvalue weighted by Gasteiger charge is 2.33. The Hall–Kier alpha value is -5.08. The second-order valence-corrected chi connectivity index (χ2v) is 15.5. The van der Waals surface area contributed by atoms with Crippen LogP contribution in [0.1, 0.15) is 11.1 Å². The average Bonchev–Trinajstić information content (AvgIpc) is 3.13. The van der Waals surface area contributed by atoms with Crippen molar-refractivity contribution >= 4 is 43.2 Å². The van der Waals surface area contributed by atoms with Gasteiger partial charge in [0.05, 0.1) is 35.4 Å². The summed E-state index contributed by atoms with van der Waals surface area (Å²) in [7, 11) is -5.24. The van der Waals surface area contributed by atoms with Gasteiger partial charge in [-0.1, -0.05) is 35.4 Å². The Morgan fingerprint density at radius 1 is 0.540 bits per heavy atom. The van der Waals surface area contributed by atoms with Gasteiger partial charge >= 0.3 is 0 Å². The minimum Gasteiger partial charge on any atom is -0.497 e. The number of amides is 2. The fraction of sp³-hybridized carbons (Fsp3) is 0.278. The molecular weight excluding hydrogens is 681 g/mol. The van der Waals surface area contributed by atoms with Crippen LogP contribution in [0, 0.1) is 13.8 Å². The van der Waals surface area contributed by atoms with Gasteiger partial charge in [-0.15, -0.1) is 0 Å². The second-order valence-electron chi connectivity index (χ2n) is 11.8. The van der Waals surface area contributed by atoms with Gasteiger partial charge in [0.15, 0.2) is 0 Å². The van der Waals surface area contributed by atoms with Gasteiger partial charge in [-0.2, -0.15) is 0 Å². The van der Waals surface area contributed by atoms with Crippen LogP contribution in [0.15, 0.2) is 107 Å². The van der Waals surface area contributed by atoms with Gasteiger partial charge in [-0.3, -0.25) is 18.2 Å². The molecule has 264 valence electrons. The van der Waals surface area contributed by atoms with Gasteiger partial charge in [-0.25, -0.2) is 16.8 Å². The first-order chi connectivity index (χ1) is 23.8. The Kier molecular flexibility index (Phi) is 11.0. The number of sulfonamides is 2. The van der Waals surface area contributed by atoms with E-state index in [1.807, 2.05) is 13.8 Å². The maximum atomic E-state index is 13.8. The number of carbonyl (C=O) groups is 2. The molecule has 14 heteroatoms. The molecule has 1 aliphatic heterocycles. The molecule has 1 heterocycles. The molecule has 12 nitrogen and oxygen atoms in total. The van der Waals surface area contributed by atoms with Crippen molar-refractivity contribution in [2.75, 3.05) is 62.1 Å². The largest absolute Gasteiger partial charge is 0.497 e. The quantitative estimate of drug-likeness (QED) is 0.214. The van der Waals surface area contributed by atoms with Crippen LogP contribution in [0.3, 0.4) is 0 Å². The highest BCUT2D eigenvalue weighted by Crippen LogP contribution is 2.28. The number of aryl methyl sites for hydroxylation is 2. The van der Waals surface area contributed by atoms with Crippen LogP contribution >= 0.6 is 0 Å². The summed E-state index contributed by atoms with van der Waals surface area (Å²) >= 11 is 0. The summed E-state index contributed by atoms with van der Waals surface area (Å²) in [5, 5.41) is 0. The van der Waals surface area contributed by atoms with Gasteiger partial charge < -0.3 is 19.3 Å². The van der Waals surface area contributed by atoms with Crippen LogP contribution in [0.25, 0.3) is 0 Å². The van der Waals surface area contributed by atoms with E-state index < -0.39 is 45.0 Å². The third kappa shape index (κ3) is 8.03. The second kappa shape index (κ2) is 15.2. The summed E-state index contributed by atoms with van der Waals surface area (Å²) < 4.78 is 67.9. The Balaban J connectivity index is 1.31. The molecule has 1 fully saturated rings. The van der Waals surface area contributed by atoms with E-state index in [9.17, 15) is 26.4 Å². The molecule has 4 aromatic carbocycles. The number of benzene rings is 4. The molecule has 1 aliphatic rings. The third-order valence-corrected chi connectivity index (χ3v) is 12.1. The molecule has 0 atom stereocenters. The number of anilines is 2. The van der Waals surface area contributed by atoms with E-state index in [-0.39, 0.29) is 36.0 Å². The summed E-state index contributed by atoms with van der Waals surface area (Å²) in [6.07, 6.45) is 0. The lowest BCUT2D eigenvalue weighted by Crippen LogP contribution is -2.55. The molecule has 5 rings (SSSR count). The van der Waals surface area contributed by atoms with E-state index in [2.05, 4.69) is 0 Å². The van der Waals surface area contributed by atoms with E-state index in [1.54, 1.807) is 72.8 Å². The number of methoxy groups -OCH3 is 2. The van der Waals surface area contributed by atoms with Gasteiger partial charge in [-0.05, 0) is 86.6 Å². The van der Waals surface area contributed by atoms with E-state index in [0.717, 1.165) is 19.7 Å². The first-order valence-corrected chi connectivity index (χ1v) is 18.7. The maximum absolute atomic E-state index is 13.8. The van der Waals surface area contributed by atoms with E-state index in [0.29, 0.717) is 22.9 Å². The van der Waals surface area contributed by atoms with E-state index in [1.165, 1.54) is 48.3 Å². The Labute approximate surface area is 293 Å². The van der Waals surface area contributed by atoms with Crippen LogP contribution in [-0.2, 0) is 29.6 Å². The third-order valence-electron chi connectivity index (χ3n) is 8.48. The highest BCUT2D eigenvalue weighted by molar-refractivity contribution is 7.93. The van der Waals surface area contributed by atoms with Crippen molar-refractivity contribution in [1.29, 1.82) is 0 Å². The lowest BCUT2D eigenvalue weighted by Gasteiger charge is -2.37. The van der Waals surface area contributed by atoms with E-state index >= 15 is 0 Å². The van der Waals surface area contributed by atoms with Crippen LogP contribution < -0.4 is 18.1 Å². The van der Waals surface area contributed by atoms with Crippen molar-refractivity contribution in [3.8, 4) is 11.5 Å². The van der Waals surface area contributed by atoms with Crippen LogP contribution in [0.2, 0.25) is 0 Å². The molecule has 0 aromatic heterocycles. The number of hydrogen-bond acceptors (Lipinski definition) is 8. The van der Waals surface area contributed by atoms with Crippen LogP contribution in [0.4, 0.5) is 11.4 Å². The molecule has 4 aromatic rings. The molecule has 0 unspecified atom stereocenters. The molecule has 0 bridgehead atoms. The number of carbonyl (C=O) groups excluding carboxylic acids is 2. The van der Waals surface area contributed by atoms with Crippen molar-refractivity contribution in [1.82, 2.24) is 9.80 Å². The van der Waals surface area contributed by atoms with Gasteiger partial charge in [0.25, 0.3) is 20.0 Å². The average molecular weight is 721 g/mol. The van der Waals surface area contributed by atoms with Crippen molar-refractivity contribution in [2.45, 2.75) is 23.6 Å². The molecule has 0 saturated carbocycles. The van der Waals surface area contributed by atoms with Crippen molar-refractivity contribution in [2.24, 2.45) is 0 Å². The fourth-order valence-corrected chi connectivity index (χ4v) is 8.28. The molecule has 0 radical (unpaired) electrons. The highest BCUT2D eigenvalue weighted by atomic mass is 32.2. The Morgan fingerprint density at radius 2 is 0.840 bits per heavy atom. The minimum atomic E-state index is -4.12. The molecular formula is C36H40N4O8S2. The van der Waals surface area contributed by atoms with Crippen molar-refractivity contribution in [3.63, 3.8) is 0 Å². The van der Waals surface area contributed by atoms with Crippen LogP contribution in [0.5, 0.6) is 11.5 Å². The molecule has 0 aliphatic carbocycles. The number of nitrogens with zero attached hydrogens (tertiary/aromatic N) is 4. The smallest absolute Gasteiger partial charge is 0.264 e.